The molecule has 0 unspecified atom stereocenters. The molecular weight excluding hydrogens is 549 g/mol. The van der Waals surface area contributed by atoms with Gasteiger partial charge in [-0.2, -0.15) is 0 Å². The molecule has 40 heavy (non-hydrogen) atoms. The standard InChI is InChI=1S/C30H41N5O3.2ClH/c1-20-23(11-14-27(31)34-20)19-33-29(38)30-17-24(30)8-5-15-35(30)28(37)26(16-21-6-3-2-4-7-21)32-18-22-9-12-25(36)13-10-22;;/h9-14,21,24,26,32,36H,2-8,15-19H2,1H3,(H2,31,34)(H,33,38);2*1H/t24-,26-,30+;;/m1../s1. The number of phenols is 1. The van der Waals surface area contributed by atoms with Gasteiger partial charge in [-0.3, -0.25) is 9.59 Å². The summed E-state index contributed by atoms with van der Waals surface area (Å²) in [5, 5.41) is 16.3. The summed E-state index contributed by atoms with van der Waals surface area (Å²) in [4.78, 5) is 34.0. The Morgan fingerprint density at radius 3 is 2.48 bits per heavy atom. The number of phenolic OH excluding ortho intramolecular Hbond substituents is 1. The second kappa shape index (κ2) is 13.9. The summed E-state index contributed by atoms with van der Waals surface area (Å²) in [6, 6.07) is 10.4. The van der Waals surface area contributed by atoms with Gasteiger partial charge in [0.2, 0.25) is 11.8 Å². The topological polar surface area (TPSA) is 121 Å². The first-order valence-corrected chi connectivity index (χ1v) is 14.2. The van der Waals surface area contributed by atoms with Gasteiger partial charge in [-0.15, -0.1) is 24.8 Å². The summed E-state index contributed by atoms with van der Waals surface area (Å²) < 4.78 is 0. The van der Waals surface area contributed by atoms with Crippen LogP contribution in [0.25, 0.3) is 0 Å². The van der Waals surface area contributed by atoms with Crippen LogP contribution in [0.4, 0.5) is 5.82 Å². The SMILES string of the molecule is Cc1nc(N)ccc1CNC(=O)[C@]12C[C@H]1CCCN2C(=O)[C@@H](CC1CCCCC1)NCc1ccc(O)cc1.Cl.Cl. The molecule has 3 fully saturated rings. The van der Waals surface area contributed by atoms with Gasteiger partial charge >= 0.3 is 0 Å². The Kier molecular flexibility index (Phi) is 11.1. The number of nitrogen functional groups attached to an aromatic ring is 1. The maximum atomic E-state index is 14.2. The Balaban J connectivity index is 0.00000220. The van der Waals surface area contributed by atoms with Gasteiger partial charge in [0, 0.05) is 25.3 Å². The quantitative estimate of drug-likeness (QED) is 0.337. The number of aryl methyl sites for hydroxylation is 1. The molecule has 2 aliphatic carbocycles. The first kappa shape index (κ1) is 32.0. The minimum Gasteiger partial charge on any atom is -0.508 e. The van der Waals surface area contributed by atoms with Crippen LogP contribution in [0.3, 0.4) is 0 Å². The molecular formula is C30H43Cl2N5O3. The van der Waals surface area contributed by atoms with Crippen LogP contribution < -0.4 is 16.4 Å². The molecule has 1 saturated heterocycles. The smallest absolute Gasteiger partial charge is 0.246 e. The average Bonchev–Trinajstić information content (AvgIpc) is 3.68. The molecule has 5 N–H and O–H groups in total. The zero-order chi connectivity index (χ0) is 26.7. The molecule has 220 valence electrons. The molecule has 8 nitrogen and oxygen atoms in total. The van der Waals surface area contributed by atoms with E-state index in [2.05, 4.69) is 15.6 Å². The number of aromatic hydroxyl groups is 1. The number of aromatic nitrogens is 1. The second-order valence-electron chi connectivity index (χ2n) is 11.5. The Bertz CT molecular complexity index is 1160. The molecule has 3 atom stereocenters. The van der Waals surface area contributed by atoms with Crippen molar-refractivity contribution in [3.8, 4) is 5.75 Å². The third kappa shape index (κ3) is 7.01. The van der Waals surface area contributed by atoms with Crippen molar-refractivity contribution in [3.63, 3.8) is 0 Å². The third-order valence-electron chi connectivity index (χ3n) is 8.89. The zero-order valence-electron chi connectivity index (χ0n) is 23.2. The molecule has 2 amide bonds. The first-order valence-electron chi connectivity index (χ1n) is 14.2. The molecule has 2 aromatic rings. The highest BCUT2D eigenvalue weighted by Gasteiger charge is 2.66. The maximum absolute atomic E-state index is 14.2. The lowest BCUT2D eigenvalue weighted by atomic mass is 9.84. The number of pyridine rings is 1. The molecule has 5 rings (SSSR count). The summed E-state index contributed by atoms with van der Waals surface area (Å²) in [5.74, 6) is 1.44. The number of likely N-dealkylation sites (tertiary alicyclic amines) is 1. The first-order chi connectivity index (χ1) is 18.4. The number of nitrogens with two attached hydrogens (primary N) is 1. The van der Waals surface area contributed by atoms with Crippen LogP contribution in [0.1, 0.15) is 74.6 Å². The predicted molar refractivity (Wildman–Crippen MR) is 161 cm³/mol. The number of amides is 2. The van der Waals surface area contributed by atoms with Gasteiger partial charge in [0.15, 0.2) is 0 Å². The number of rotatable bonds is 9. The van der Waals surface area contributed by atoms with E-state index in [0.29, 0.717) is 31.4 Å². The fourth-order valence-electron chi connectivity index (χ4n) is 6.59. The van der Waals surface area contributed by atoms with Crippen molar-refractivity contribution in [1.29, 1.82) is 0 Å². The van der Waals surface area contributed by atoms with Crippen molar-refractivity contribution < 1.29 is 14.7 Å². The van der Waals surface area contributed by atoms with Crippen molar-refractivity contribution in [2.45, 2.75) is 89.4 Å². The Morgan fingerprint density at radius 1 is 1.05 bits per heavy atom. The summed E-state index contributed by atoms with van der Waals surface area (Å²) in [7, 11) is 0. The number of anilines is 1. The number of benzene rings is 1. The molecule has 0 bridgehead atoms. The van der Waals surface area contributed by atoms with Gasteiger partial charge < -0.3 is 26.4 Å². The molecule has 0 spiro atoms. The van der Waals surface area contributed by atoms with Crippen molar-refractivity contribution in [3.05, 3.63) is 53.2 Å². The van der Waals surface area contributed by atoms with E-state index in [1.54, 1.807) is 18.2 Å². The van der Waals surface area contributed by atoms with Crippen molar-refractivity contribution in [2.24, 2.45) is 11.8 Å². The van der Waals surface area contributed by atoms with Gasteiger partial charge in [-0.25, -0.2) is 4.98 Å². The average molecular weight is 593 g/mol. The summed E-state index contributed by atoms with van der Waals surface area (Å²) in [6.07, 6.45) is 9.48. The summed E-state index contributed by atoms with van der Waals surface area (Å²) >= 11 is 0. The van der Waals surface area contributed by atoms with E-state index in [-0.39, 0.29) is 54.3 Å². The third-order valence-corrected chi connectivity index (χ3v) is 8.89. The number of fused-ring (bicyclic) bond motifs is 1. The Morgan fingerprint density at radius 2 is 1.77 bits per heavy atom. The number of halogens is 2. The van der Waals surface area contributed by atoms with Crippen molar-refractivity contribution >= 4 is 42.4 Å². The molecule has 1 aromatic carbocycles. The number of carbonyl (C=O) groups excluding carboxylic acids is 2. The minimum absolute atomic E-state index is 0. The number of hydrogen-bond acceptors (Lipinski definition) is 6. The van der Waals surface area contributed by atoms with Crippen LogP contribution in [0.15, 0.2) is 36.4 Å². The minimum atomic E-state index is -0.741. The van der Waals surface area contributed by atoms with E-state index in [9.17, 15) is 14.7 Å². The lowest BCUT2D eigenvalue weighted by Crippen LogP contribution is -2.59. The van der Waals surface area contributed by atoms with E-state index < -0.39 is 5.54 Å². The van der Waals surface area contributed by atoms with Crippen LogP contribution in [-0.4, -0.2) is 44.9 Å². The van der Waals surface area contributed by atoms with Crippen LogP contribution in [-0.2, 0) is 22.7 Å². The van der Waals surface area contributed by atoms with E-state index in [0.717, 1.165) is 55.3 Å². The normalized spacial score (nSPS) is 22.7. The number of hydrogen-bond donors (Lipinski definition) is 4. The molecule has 2 saturated carbocycles. The number of nitrogens with zero attached hydrogens (tertiary/aromatic N) is 2. The molecule has 1 aromatic heterocycles. The van der Waals surface area contributed by atoms with E-state index in [1.165, 1.54) is 19.3 Å². The van der Waals surface area contributed by atoms with Crippen LogP contribution in [0.2, 0.25) is 0 Å². The molecule has 10 heteroatoms. The lowest BCUT2D eigenvalue weighted by Gasteiger charge is -2.39. The maximum Gasteiger partial charge on any atom is 0.246 e. The molecule has 1 aliphatic heterocycles. The van der Waals surface area contributed by atoms with Crippen LogP contribution >= 0.6 is 24.8 Å². The zero-order valence-corrected chi connectivity index (χ0v) is 24.9. The summed E-state index contributed by atoms with van der Waals surface area (Å²) in [5.41, 5.74) is 7.80. The fourth-order valence-corrected chi connectivity index (χ4v) is 6.59. The van der Waals surface area contributed by atoms with Crippen molar-refractivity contribution in [2.75, 3.05) is 12.3 Å². The van der Waals surface area contributed by atoms with Crippen molar-refractivity contribution in [1.82, 2.24) is 20.5 Å². The highest BCUT2D eigenvalue weighted by molar-refractivity contribution is 5.96. The second-order valence-corrected chi connectivity index (χ2v) is 11.5. The fraction of sp³-hybridized carbons (Fsp3) is 0.567. The van der Waals surface area contributed by atoms with Gasteiger partial charge in [0.05, 0.1) is 6.04 Å². The van der Waals surface area contributed by atoms with Gasteiger partial charge in [-0.1, -0.05) is 50.3 Å². The lowest BCUT2D eigenvalue weighted by molar-refractivity contribution is -0.146. The molecule has 0 radical (unpaired) electrons. The highest BCUT2D eigenvalue weighted by Crippen LogP contribution is 2.54. The highest BCUT2D eigenvalue weighted by atomic mass is 35.5. The van der Waals surface area contributed by atoms with Gasteiger partial charge in [0.25, 0.3) is 0 Å². The number of piperidine rings is 1. The van der Waals surface area contributed by atoms with E-state index in [1.807, 2.05) is 30.0 Å². The van der Waals surface area contributed by atoms with Gasteiger partial charge in [0.1, 0.15) is 17.1 Å². The largest absolute Gasteiger partial charge is 0.508 e. The van der Waals surface area contributed by atoms with Gasteiger partial charge in [-0.05, 0) is 73.8 Å². The monoisotopic (exact) mass is 591 g/mol. The predicted octanol–water partition coefficient (Wildman–Crippen LogP) is 4.65. The van der Waals surface area contributed by atoms with E-state index in [4.69, 9.17) is 5.73 Å². The van der Waals surface area contributed by atoms with Crippen LogP contribution in [0, 0.1) is 18.8 Å². The van der Waals surface area contributed by atoms with Crippen LogP contribution in [0.5, 0.6) is 5.75 Å². The number of carbonyl (C=O) groups is 2. The Hall–Kier alpha value is -2.55. The van der Waals surface area contributed by atoms with E-state index >= 15 is 0 Å². The number of nitrogens with one attached hydrogen (secondary N) is 2. The Labute approximate surface area is 249 Å². The summed E-state index contributed by atoms with van der Waals surface area (Å²) in [6.45, 7) is 3.43. The molecule has 3 aliphatic rings. The molecule has 2 heterocycles.